The van der Waals surface area contributed by atoms with Crippen molar-refractivity contribution in [2.45, 2.75) is 19.8 Å². The molecule has 0 spiro atoms. The van der Waals surface area contributed by atoms with E-state index in [1.54, 1.807) is 11.8 Å². The monoisotopic (exact) mass is 352 g/mol. The van der Waals surface area contributed by atoms with Gasteiger partial charge in [-0.05, 0) is 19.8 Å². The van der Waals surface area contributed by atoms with Crippen LogP contribution in [-0.2, 0) is 9.53 Å². The molecule has 25 heavy (non-hydrogen) atoms. The largest absolute Gasteiger partial charge is 0.493 e. The van der Waals surface area contributed by atoms with E-state index in [0.717, 1.165) is 18.9 Å². The van der Waals surface area contributed by atoms with Crippen LogP contribution in [0.5, 0.6) is 11.5 Å². The predicted octanol–water partition coefficient (Wildman–Crippen LogP) is 1.78. The summed E-state index contributed by atoms with van der Waals surface area (Å²) in [4.78, 5) is 36.3. The standard InChI is InChI=1S/C16H20N2O7/c1-3-24-14-9-12(18(21)22)11(8-13(14)23-2)16(20)25-10-15(19)17-6-4-5-7-17/h8-9H,3-7,10H2,1-2H3. The first kappa shape index (κ1) is 18.5. The molecule has 0 bridgehead atoms. The molecule has 0 aromatic heterocycles. The molecule has 1 aliphatic rings. The van der Waals surface area contributed by atoms with Crippen molar-refractivity contribution in [3.63, 3.8) is 0 Å². The molecule has 0 N–H and O–H groups in total. The molecular weight excluding hydrogens is 332 g/mol. The van der Waals surface area contributed by atoms with Gasteiger partial charge in [-0.3, -0.25) is 14.9 Å². The van der Waals surface area contributed by atoms with Crippen molar-refractivity contribution in [1.29, 1.82) is 0 Å². The molecule has 0 atom stereocenters. The number of nitrogens with zero attached hydrogens (tertiary/aromatic N) is 2. The van der Waals surface area contributed by atoms with Gasteiger partial charge in [0.15, 0.2) is 18.1 Å². The van der Waals surface area contributed by atoms with E-state index in [0.29, 0.717) is 13.1 Å². The van der Waals surface area contributed by atoms with Crippen molar-refractivity contribution in [1.82, 2.24) is 4.90 Å². The molecule has 2 rings (SSSR count). The second-order valence-electron chi connectivity index (χ2n) is 5.37. The summed E-state index contributed by atoms with van der Waals surface area (Å²) in [5.41, 5.74) is -0.762. The summed E-state index contributed by atoms with van der Waals surface area (Å²) in [5.74, 6) is -0.946. The Morgan fingerprint density at radius 1 is 1.24 bits per heavy atom. The van der Waals surface area contributed by atoms with Crippen LogP contribution in [-0.4, -0.2) is 55.1 Å². The minimum absolute atomic E-state index is 0.154. The SMILES string of the molecule is CCOc1cc([N+](=O)[O-])c(C(=O)OCC(=O)N2CCCC2)cc1OC. The van der Waals surface area contributed by atoms with Gasteiger partial charge in [-0.2, -0.15) is 0 Å². The molecule has 0 aliphatic carbocycles. The Morgan fingerprint density at radius 2 is 1.92 bits per heavy atom. The van der Waals surface area contributed by atoms with E-state index in [1.807, 2.05) is 0 Å². The topological polar surface area (TPSA) is 108 Å². The molecule has 1 aliphatic heterocycles. The van der Waals surface area contributed by atoms with Gasteiger partial charge in [-0.1, -0.05) is 0 Å². The van der Waals surface area contributed by atoms with Gasteiger partial charge in [0, 0.05) is 19.2 Å². The maximum absolute atomic E-state index is 12.2. The zero-order valence-electron chi connectivity index (χ0n) is 14.1. The highest BCUT2D eigenvalue weighted by atomic mass is 16.6. The van der Waals surface area contributed by atoms with Crippen molar-refractivity contribution < 1.29 is 28.7 Å². The van der Waals surface area contributed by atoms with Gasteiger partial charge in [-0.25, -0.2) is 4.79 Å². The van der Waals surface area contributed by atoms with Gasteiger partial charge >= 0.3 is 5.97 Å². The molecule has 1 amide bonds. The highest BCUT2D eigenvalue weighted by Crippen LogP contribution is 2.35. The van der Waals surface area contributed by atoms with Gasteiger partial charge in [-0.15, -0.1) is 0 Å². The number of nitro benzene ring substituents is 1. The molecule has 9 heteroatoms. The summed E-state index contributed by atoms with van der Waals surface area (Å²) in [6.07, 6.45) is 1.84. The lowest BCUT2D eigenvalue weighted by molar-refractivity contribution is -0.385. The number of ether oxygens (including phenoxy) is 3. The normalized spacial score (nSPS) is 13.4. The third-order valence-electron chi connectivity index (χ3n) is 3.78. The van der Waals surface area contributed by atoms with Crippen LogP contribution in [0, 0.1) is 10.1 Å². The first-order valence-corrected chi connectivity index (χ1v) is 7.92. The third kappa shape index (κ3) is 4.37. The van der Waals surface area contributed by atoms with Crippen molar-refractivity contribution in [3.05, 3.63) is 27.8 Å². The minimum Gasteiger partial charge on any atom is -0.493 e. The van der Waals surface area contributed by atoms with Gasteiger partial charge in [0.25, 0.3) is 11.6 Å². The number of hydrogen-bond acceptors (Lipinski definition) is 7. The summed E-state index contributed by atoms with van der Waals surface area (Å²) in [6, 6.07) is 2.30. The summed E-state index contributed by atoms with van der Waals surface area (Å²) in [7, 11) is 1.36. The van der Waals surface area contributed by atoms with Crippen LogP contribution in [0.4, 0.5) is 5.69 Å². The first-order chi connectivity index (χ1) is 12.0. The van der Waals surface area contributed by atoms with Crippen LogP contribution in [0.25, 0.3) is 0 Å². The van der Waals surface area contributed by atoms with Crippen LogP contribution in [0.3, 0.4) is 0 Å². The van der Waals surface area contributed by atoms with E-state index in [-0.39, 0.29) is 29.6 Å². The number of hydrogen-bond donors (Lipinski definition) is 0. The molecule has 1 saturated heterocycles. The van der Waals surface area contributed by atoms with E-state index < -0.39 is 23.2 Å². The number of carbonyl (C=O) groups is 2. The minimum atomic E-state index is -0.958. The Morgan fingerprint density at radius 3 is 2.48 bits per heavy atom. The fourth-order valence-electron chi connectivity index (χ4n) is 2.55. The molecule has 136 valence electrons. The number of amides is 1. The van der Waals surface area contributed by atoms with E-state index >= 15 is 0 Å². The zero-order chi connectivity index (χ0) is 18.4. The molecule has 1 fully saturated rings. The van der Waals surface area contributed by atoms with Crippen LogP contribution >= 0.6 is 0 Å². The van der Waals surface area contributed by atoms with Gasteiger partial charge in [0.1, 0.15) is 5.56 Å². The zero-order valence-corrected chi connectivity index (χ0v) is 14.1. The van der Waals surface area contributed by atoms with Crippen LogP contribution < -0.4 is 9.47 Å². The quantitative estimate of drug-likeness (QED) is 0.418. The fraction of sp³-hybridized carbons (Fsp3) is 0.500. The Labute approximate surface area is 144 Å². The Bertz CT molecular complexity index is 669. The van der Waals surface area contributed by atoms with E-state index in [9.17, 15) is 19.7 Å². The maximum Gasteiger partial charge on any atom is 0.345 e. The van der Waals surface area contributed by atoms with Crippen molar-refractivity contribution in [2.24, 2.45) is 0 Å². The van der Waals surface area contributed by atoms with E-state index in [1.165, 1.54) is 13.2 Å². The van der Waals surface area contributed by atoms with Gasteiger partial charge in [0.2, 0.25) is 0 Å². The second kappa shape index (κ2) is 8.32. The number of carbonyl (C=O) groups excluding carboxylic acids is 2. The highest BCUT2D eigenvalue weighted by Gasteiger charge is 2.27. The van der Waals surface area contributed by atoms with Crippen molar-refractivity contribution in [3.8, 4) is 11.5 Å². The smallest absolute Gasteiger partial charge is 0.345 e. The van der Waals surface area contributed by atoms with Crippen LogP contribution in [0.2, 0.25) is 0 Å². The highest BCUT2D eigenvalue weighted by molar-refractivity contribution is 5.96. The molecule has 0 radical (unpaired) electrons. The molecule has 1 aromatic carbocycles. The number of esters is 1. The van der Waals surface area contributed by atoms with Crippen molar-refractivity contribution in [2.75, 3.05) is 33.4 Å². The summed E-state index contributed by atoms with van der Waals surface area (Å²) >= 11 is 0. The molecule has 0 unspecified atom stereocenters. The predicted molar refractivity (Wildman–Crippen MR) is 86.9 cm³/mol. The first-order valence-electron chi connectivity index (χ1n) is 7.92. The average Bonchev–Trinajstić information content (AvgIpc) is 3.13. The second-order valence-corrected chi connectivity index (χ2v) is 5.37. The summed E-state index contributed by atoms with van der Waals surface area (Å²) < 4.78 is 15.3. The van der Waals surface area contributed by atoms with Gasteiger partial charge in [0.05, 0.1) is 24.7 Å². The van der Waals surface area contributed by atoms with E-state index in [2.05, 4.69) is 0 Å². The Kier molecular flexibility index (Phi) is 6.15. The van der Waals surface area contributed by atoms with Gasteiger partial charge < -0.3 is 19.1 Å². The molecule has 0 saturated carbocycles. The summed E-state index contributed by atoms with van der Waals surface area (Å²) in [5, 5.41) is 11.3. The van der Waals surface area contributed by atoms with Crippen LogP contribution in [0.1, 0.15) is 30.1 Å². The van der Waals surface area contributed by atoms with Crippen molar-refractivity contribution >= 4 is 17.6 Å². The maximum atomic E-state index is 12.2. The summed E-state index contributed by atoms with van der Waals surface area (Å²) in [6.45, 7) is 2.81. The Balaban J connectivity index is 2.19. The lowest BCUT2D eigenvalue weighted by Crippen LogP contribution is -2.32. The number of methoxy groups -OCH3 is 1. The Hall–Kier alpha value is -2.84. The lowest BCUT2D eigenvalue weighted by Gasteiger charge is -2.15. The molecule has 1 heterocycles. The molecular formula is C16H20N2O7. The number of benzene rings is 1. The lowest BCUT2D eigenvalue weighted by atomic mass is 10.1. The number of nitro groups is 1. The average molecular weight is 352 g/mol. The van der Waals surface area contributed by atoms with Crippen LogP contribution in [0.15, 0.2) is 12.1 Å². The number of likely N-dealkylation sites (tertiary alicyclic amines) is 1. The fourth-order valence-corrected chi connectivity index (χ4v) is 2.55. The molecule has 1 aromatic rings. The third-order valence-corrected chi connectivity index (χ3v) is 3.78. The number of rotatable bonds is 7. The molecule has 9 nitrogen and oxygen atoms in total. The van der Waals surface area contributed by atoms with E-state index in [4.69, 9.17) is 14.2 Å².